The van der Waals surface area contributed by atoms with Crippen LogP contribution in [0.5, 0.6) is 0 Å². The van der Waals surface area contributed by atoms with E-state index in [1.807, 2.05) is 24.3 Å². The quantitative estimate of drug-likeness (QED) is 0.0945. The first kappa shape index (κ1) is 35.5. The fraction of sp³-hybridized carbons (Fsp3) is 0.688. The second-order valence-electron chi connectivity index (χ2n) is 10.6. The summed E-state index contributed by atoms with van der Waals surface area (Å²) in [5, 5.41) is 4.59. The molecule has 0 unspecified atom stereocenters. The van der Waals surface area contributed by atoms with Crippen molar-refractivity contribution in [2.75, 3.05) is 26.2 Å². The van der Waals surface area contributed by atoms with Crippen LogP contribution in [-0.2, 0) is 23.0 Å². The van der Waals surface area contributed by atoms with Gasteiger partial charge in [-0.25, -0.2) is 0 Å². The SMILES string of the molecule is CCCCCCCCCc1cc2ccccc2c(S(=O)(=O)O)c1CCCCCCCCC.NCCNCCN. The van der Waals surface area contributed by atoms with E-state index in [-0.39, 0.29) is 4.90 Å². The molecule has 6 N–H and O–H groups in total. The van der Waals surface area contributed by atoms with Crippen LogP contribution in [0.1, 0.15) is 115 Å². The van der Waals surface area contributed by atoms with Crippen LogP contribution in [0.3, 0.4) is 0 Å². The smallest absolute Gasteiger partial charge is 0.295 e. The minimum Gasteiger partial charge on any atom is -0.329 e. The van der Waals surface area contributed by atoms with E-state index in [1.54, 1.807) is 0 Å². The van der Waals surface area contributed by atoms with Gasteiger partial charge in [-0.2, -0.15) is 8.42 Å². The Hall–Kier alpha value is -1.51. The van der Waals surface area contributed by atoms with Crippen molar-refractivity contribution in [2.24, 2.45) is 11.5 Å². The summed E-state index contributed by atoms with van der Waals surface area (Å²) in [6.07, 6.45) is 18.6. The molecule has 0 bridgehead atoms. The maximum atomic E-state index is 12.5. The number of nitrogens with two attached hydrogens (primary N) is 2. The van der Waals surface area contributed by atoms with Gasteiger partial charge in [0.05, 0.1) is 0 Å². The lowest BCUT2D eigenvalue weighted by atomic mass is 9.93. The van der Waals surface area contributed by atoms with Crippen LogP contribution in [0.15, 0.2) is 35.2 Å². The maximum Gasteiger partial charge on any atom is 0.295 e. The van der Waals surface area contributed by atoms with Crippen LogP contribution in [0, 0.1) is 0 Å². The summed E-state index contributed by atoms with van der Waals surface area (Å²) in [6, 6.07) is 9.73. The Morgan fingerprint density at radius 2 is 1.21 bits per heavy atom. The van der Waals surface area contributed by atoms with Crippen LogP contribution >= 0.6 is 0 Å². The molecule has 0 saturated carbocycles. The Morgan fingerprint density at radius 3 is 1.72 bits per heavy atom. The van der Waals surface area contributed by atoms with Gasteiger partial charge in [0.25, 0.3) is 10.1 Å². The Balaban J connectivity index is 0.000000956. The second kappa shape index (κ2) is 22.2. The molecule has 0 aromatic heterocycles. The van der Waals surface area contributed by atoms with Gasteiger partial charge in [0, 0.05) is 31.6 Å². The van der Waals surface area contributed by atoms with Crippen LogP contribution in [0.25, 0.3) is 10.8 Å². The predicted molar refractivity (Wildman–Crippen MR) is 168 cm³/mol. The molecule has 0 spiro atoms. The van der Waals surface area contributed by atoms with Crippen LogP contribution in [-0.4, -0.2) is 39.1 Å². The van der Waals surface area contributed by atoms with E-state index in [9.17, 15) is 13.0 Å². The molecule has 0 radical (unpaired) electrons. The summed E-state index contributed by atoms with van der Waals surface area (Å²) < 4.78 is 35.1. The summed E-state index contributed by atoms with van der Waals surface area (Å²) in [5.74, 6) is 0. The molecule has 0 heterocycles. The molecule has 0 fully saturated rings. The van der Waals surface area contributed by atoms with Crippen molar-refractivity contribution in [2.45, 2.75) is 121 Å². The van der Waals surface area contributed by atoms with E-state index >= 15 is 0 Å². The molecule has 0 aliphatic rings. The van der Waals surface area contributed by atoms with E-state index < -0.39 is 10.1 Å². The van der Waals surface area contributed by atoms with Gasteiger partial charge < -0.3 is 16.8 Å². The standard InChI is InChI=1S/C28H44O3S.C4H13N3/c1-3-5-7-9-11-13-15-19-24-23-25-20-17-18-22-27(25)28(32(29,30)31)26(24)21-16-14-12-10-8-6-4-2;5-1-3-7-4-2-6/h17-18,20,22-23H,3-16,19,21H2,1-2H3,(H,29,30,31);7H,1-6H2. The van der Waals surface area contributed by atoms with Gasteiger partial charge in [0.2, 0.25) is 0 Å². The number of unbranched alkanes of at least 4 members (excludes halogenated alkanes) is 12. The van der Waals surface area contributed by atoms with Gasteiger partial charge in [-0.15, -0.1) is 0 Å². The van der Waals surface area contributed by atoms with Crippen molar-refractivity contribution >= 4 is 20.9 Å². The highest BCUT2D eigenvalue weighted by atomic mass is 32.2. The molecular formula is C32H57N3O3S. The molecule has 2 aromatic rings. The monoisotopic (exact) mass is 563 g/mol. The van der Waals surface area contributed by atoms with Gasteiger partial charge in [-0.1, -0.05) is 121 Å². The van der Waals surface area contributed by atoms with Crippen molar-refractivity contribution in [3.63, 3.8) is 0 Å². The Labute approximate surface area is 239 Å². The normalized spacial score (nSPS) is 11.5. The average Bonchev–Trinajstić information content (AvgIpc) is 2.92. The third-order valence-corrected chi connectivity index (χ3v) is 8.16. The maximum absolute atomic E-state index is 12.5. The number of fused-ring (bicyclic) bond motifs is 1. The Morgan fingerprint density at radius 1 is 0.718 bits per heavy atom. The molecule has 2 aromatic carbocycles. The van der Waals surface area contributed by atoms with Gasteiger partial charge in [0.1, 0.15) is 4.90 Å². The summed E-state index contributed by atoms with van der Waals surface area (Å²) in [4.78, 5) is 0.152. The van der Waals surface area contributed by atoms with Crippen molar-refractivity contribution < 1.29 is 13.0 Å². The first-order valence-corrected chi connectivity index (χ1v) is 17.0. The lowest BCUT2D eigenvalue weighted by Crippen LogP contribution is -2.27. The average molecular weight is 564 g/mol. The fourth-order valence-electron chi connectivity index (χ4n) is 5.07. The Bertz CT molecular complexity index is 992. The third kappa shape index (κ3) is 15.2. The highest BCUT2D eigenvalue weighted by Gasteiger charge is 2.22. The lowest BCUT2D eigenvalue weighted by Gasteiger charge is -2.17. The van der Waals surface area contributed by atoms with E-state index in [1.165, 1.54) is 70.6 Å². The largest absolute Gasteiger partial charge is 0.329 e. The number of benzene rings is 2. The minimum absolute atomic E-state index is 0.152. The highest BCUT2D eigenvalue weighted by molar-refractivity contribution is 7.86. The minimum atomic E-state index is -4.28. The number of aryl methyl sites for hydroxylation is 1. The third-order valence-electron chi connectivity index (χ3n) is 7.18. The molecular weight excluding hydrogens is 506 g/mol. The lowest BCUT2D eigenvalue weighted by molar-refractivity contribution is 0.482. The molecule has 0 atom stereocenters. The molecule has 39 heavy (non-hydrogen) atoms. The zero-order chi connectivity index (χ0) is 28.8. The molecule has 0 aliphatic carbocycles. The molecule has 2 rings (SSSR count). The molecule has 0 saturated heterocycles. The summed E-state index contributed by atoms with van der Waals surface area (Å²) >= 11 is 0. The molecule has 7 heteroatoms. The predicted octanol–water partition coefficient (Wildman–Crippen LogP) is 7.17. The van der Waals surface area contributed by atoms with Crippen molar-refractivity contribution in [1.29, 1.82) is 0 Å². The first-order chi connectivity index (χ1) is 18.9. The highest BCUT2D eigenvalue weighted by Crippen LogP contribution is 2.32. The molecule has 6 nitrogen and oxygen atoms in total. The van der Waals surface area contributed by atoms with Crippen molar-refractivity contribution in [3.05, 3.63) is 41.5 Å². The Kier molecular flexibility index (Phi) is 20.2. The van der Waals surface area contributed by atoms with E-state index in [2.05, 4.69) is 25.2 Å². The van der Waals surface area contributed by atoms with Gasteiger partial charge in [-0.3, -0.25) is 4.55 Å². The first-order valence-electron chi connectivity index (χ1n) is 15.5. The topological polar surface area (TPSA) is 118 Å². The van der Waals surface area contributed by atoms with E-state index in [0.717, 1.165) is 61.7 Å². The number of hydrogen-bond donors (Lipinski definition) is 4. The van der Waals surface area contributed by atoms with Crippen LogP contribution in [0.2, 0.25) is 0 Å². The number of rotatable bonds is 21. The second-order valence-corrected chi connectivity index (χ2v) is 12.0. The molecule has 0 aliphatic heterocycles. The van der Waals surface area contributed by atoms with Gasteiger partial charge in [-0.05, 0) is 42.2 Å². The zero-order valence-corrected chi connectivity index (χ0v) is 25.7. The van der Waals surface area contributed by atoms with Crippen molar-refractivity contribution in [3.8, 4) is 0 Å². The summed E-state index contributed by atoms with van der Waals surface area (Å²) in [7, 11) is -4.28. The number of hydrogen-bond acceptors (Lipinski definition) is 5. The molecule has 224 valence electrons. The van der Waals surface area contributed by atoms with Gasteiger partial charge >= 0.3 is 0 Å². The van der Waals surface area contributed by atoms with Crippen LogP contribution < -0.4 is 16.8 Å². The van der Waals surface area contributed by atoms with Crippen molar-refractivity contribution in [1.82, 2.24) is 5.32 Å². The van der Waals surface area contributed by atoms with E-state index in [0.29, 0.717) is 18.5 Å². The summed E-state index contributed by atoms with van der Waals surface area (Å²) in [6.45, 7) is 7.59. The summed E-state index contributed by atoms with van der Waals surface area (Å²) in [5.41, 5.74) is 12.3. The fourth-order valence-corrected chi connectivity index (χ4v) is 6.07. The molecule has 0 amide bonds. The number of nitrogens with one attached hydrogen (secondary N) is 1. The van der Waals surface area contributed by atoms with Crippen LogP contribution in [0.4, 0.5) is 0 Å². The van der Waals surface area contributed by atoms with E-state index in [4.69, 9.17) is 11.5 Å². The zero-order valence-electron chi connectivity index (χ0n) is 24.9. The van der Waals surface area contributed by atoms with Gasteiger partial charge in [0.15, 0.2) is 0 Å².